The molecule has 2 aromatic heterocycles. The molecule has 0 bridgehead atoms. The molecule has 0 spiro atoms. The van der Waals surface area contributed by atoms with Gasteiger partial charge in [0.1, 0.15) is 21.7 Å². The predicted molar refractivity (Wildman–Crippen MR) is 126 cm³/mol. The van der Waals surface area contributed by atoms with Crippen LogP contribution in [0, 0.1) is 0 Å². The number of piperazine rings is 1. The molecule has 0 aliphatic carbocycles. The van der Waals surface area contributed by atoms with Crippen LogP contribution in [0.15, 0.2) is 30.3 Å². The molecule has 1 aliphatic rings. The van der Waals surface area contributed by atoms with Crippen molar-refractivity contribution >= 4 is 53.4 Å². The van der Waals surface area contributed by atoms with Crippen LogP contribution in [-0.4, -0.2) is 50.4 Å². The number of para-hydroxylation sites is 1. The van der Waals surface area contributed by atoms with E-state index in [2.05, 4.69) is 34.9 Å². The number of nitrogens with zero attached hydrogens (tertiary/aromatic N) is 4. The Balaban J connectivity index is 1.37. The van der Waals surface area contributed by atoms with Crippen LogP contribution in [0.1, 0.15) is 12.5 Å². The monoisotopic (exact) mass is 440 g/mol. The minimum Gasteiger partial charge on any atom is -0.495 e. The standard InChI is InChI=1S/C22H24N4O2S2/c1-4-14-6-5-7-17-18(14)23-21(29-17)25-10-12-26(13-11-25)22-24-19-15(27-2)8-9-16(28-3)20(19)30-22/h5-9H,4,10-13H2,1-3H3. The molecule has 1 saturated heterocycles. The van der Waals surface area contributed by atoms with Gasteiger partial charge in [0.2, 0.25) is 0 Å². The molecule has 5 rings (SSSR count). The Bertz CT molecular complexity index is 1150. The van der Waals surface area contributed by atoms with Crippen molar-refractivity contribution in [2.24, 2.45) is 0 Å². The van der Waals surface area contributed by atoms with Crippen molar-refractivity contribution in [3.05, 3.63) is 35.9 Å². The van der Waals surface area contributed by atoms with Gasteiger partial charge in [-0.1, -0.05) is 41.7 Å². The second-order valence-corrected chi connectivity index (χ2v) is 9.22. The number of rotatable bonds is 5. The van der Waals surface area contributed by atoms with Crippen LogP contribution in [0.5, 0.6) is 11.5 Å². The van der Waals surface area contributed by atoms with Gasteiger partial charge in [-0.25, -0.2) is 9.97 Å². The lowest BCUT2D eigenvalue weighted by atomic mass is 10.1. The van der Waals surface area contributed by atoms with E-state index in [0.717, 1.165) is 70.1 Å². The lowest BCUT2D eigenvalue weighted by Gasteiger charge is -2.34. The van der Waals surface area contributed by atoms with Crippen molar-refractivity contribution < 1.29 is 9.47 Å². The Morgan fingerprint density at radius 3 is 2.13 bits per heavy atom. The highest BCUT2D eigenvalue weighted by atomic mass is 32.1. The second-order valence-electron chi connectivity index (χ2n) is 7.23. The van der Waals surface area contributed by atoms with E-state index in [9.17, 15) is 0 Å². The summed E-state index contributed by atoms with van der Waals surface area (Å²) in [6, 6.07) is 10.4. The molecule has 8 heteroatoms. The molecule has 0 radical (unpaired) electrons. The molecule has 4 aromatic rings. The second kappa shape index (κ2) is 7.92. The first-order valence-corrected chi connectivity index (χ1v) is 11.7. The molecule has 1 aliphatic heterocycles. The highest BCUT2D eigenvalue weighted by molar-refractivity contribution is 7.22. The average Bonchev–Trinajstić information content (AvgIpc) is 3.43. The predicted octanol–water partition coefficient (Wildman–Crippen LogP) is 4.81. The van der Waals surface area contributed by atoms with Gasteiger partial charge in [-0.05, 0) is 30.2 Å². The van der Waals surface area contributed by atoms with Gasteiger partial charge in [0.05, 0.1) is 24.4 Å². The normalized spacial score (nSPS) is 14.6. The Hall–Kier alpha value is -2.58. The van der Waals surface area contributed by atoms with Gasteiger partial charge in [-0.2, -0.15) is 0 Å². The van der Waals surface area contributed by atoms with Gasteiger partial charge in [0.15, 0.2) is 10.3 Å². The highest BCUT2D eigenvalue weighted by Crippen LogP contribution is 2.40. The Labute approximate surface area is 183 Å². The Morgan fingerprint density at radius 1 is 0.833 bits per heavy atom. The number of hydrogen-bond acceptors (Lipinski definition) is 8. The van der Waals surface area contributed by atoms with Crippen molar-refractivity contribution in [3.63, 3.8) is 0 Å². The van der Waals surface area contributed by atoms with Gasteiger partial charge >= 0.3 is 0 Å². The first-order valence-electron chi connectivity index (χ1n) is 10.1. The summed E-state index contributed by atoms with van der Waals surface area (Å²) < 4.78 is 13.3. The molecule has 0 amide bonds. The van der Waals surface area contributed by atoms with Gasteiger partial charge in [-0.15, -0.1) is 0 Å². The molecule has 1 fully saturated rings. The van der Waals surface area contributed by atoms with Gasteiger partial charge < -0.3 is 19.3 Å². The zero-order valence-electron chi connectivity index (χ0n) is 17.3. The maximum absolute atomic E-state index is 5.53. The molecular formula is C22H24N4O2S2. The molecule has 0 unspecified atom stereocenters. The third-order valence-corrected chi connectivity index (χ3v) is 7.80. The number of anilines is 2. The molecule has 2 aromatic carbocycles. The van der Waals surface area contributed by atoms with Crippen LogP contribution in [0.3, 0.4) is 0 Å². The van der Waals surface area contributed by atoms with Gasteiger partial charge in [-0.3, -0.25) is 0 Å². The number of aromatic nitrogens is 2. The summed E-state index contributed by atoms with van der Waals surface area (Å²) in [6.45, 7) is 5.90. The molecule has 3 heterocycles. The topological polar surface area (TPSA) is 50.7 Å². The van der Waals surface area contributed by atoms with Crippen LogP contribution in [0.2, 0.25) is 0 Å². The van der Waals surface area contributed by atoms with Crippen LogP contribution in [-0.2, 0) is 6.42 Å². The van der Waals surface area contributed by atoms with Crippen LogP contribution < -0.4 is 19.3 Å². The zero-order chi connectivity index (χ0) is 20.7. The number of thiazole rings is 2. The van der Waals surface area contributed by atoms with E-state index < -0.39 is 0 Å². The summed E-state index contributed by atoms with van der Waals surface area (Å²) in [7, 11) is 3.38. The largest absolute Gasteiger partial charge is 0.495 e. The van der Waals surface area contributed by atoms with Crippen LogP contribution >= 0.6 is 22.7 Å². The SMILES string of the molecule is CCc1cccc2sc(N3CCN(c4nc5c(OC)ccc(OC)c5s4)CC3)nc12. The fourth-order valence-electron chi connectivity index (χ4n) is 3.91. The average molecular weight is 441 g/mol. The van der Waals surface area contributed by atoms with Crippen LogP contribution in [0.4, 0.5) is 10.3 Å². The van der Waals surface area contributed by atoms with Crippen molar-refractivity contribution in [2.45, 2.75) is 13.3 Å². The maximum Gasteiger partial charge on any atom is 0.186 e. The fourth-order valence-corrected chi connectivity index (χ4v) is 6.10. The Morgan fingerprint density at radius 2 is 1.47 bits per heavy atom. The molecule has 0 N–H and O–H groups in total. The van der Waals surface area contributed by atoms with Gasteiger partial charge in [0, 0.05) is 26.2 Å². The zero-order valence-corrected chi connectivity index (χ0v) is 19.0. The molecule has 156 valence electrons. The fraction of sp³-hybridized carbons (Fsp3) is 0.364. The number of aryl methyl sites for hydroxylation is 1. The first kappa shape index (κ1) is 19.4. The van der Waals surface area contributed by atoms with E-state index in [1.807, 2.05) is 12.1 Å². The van der Waals surface area contributed by atoms with E-state index in [0.29, 0.717) is 0 Å². The first-order chi connectivity index (χ1) is 14.7. The van der Waals surface area contributed by atoms with E-state index in [1.165, 1.54) is 10.3 Å². The van der Waals surface area contributed by atoms with E-state index in [-0.39, 0.29) is 0 Å². The lowest BCUT2D eigenvalue weighted by Crippen LogP contribution is -2.46. The summed E-state index contributed by atoms with van der Waals surface area (Å²) in [5.74, 6) is 1.63. The van der Waals surface area contributed by atoms with E-state index >= 15 is 0 Å². The summed E-state index contributed by atoms with van der Waals surface area (Å²) in [4.78, 5) is 14.6. The number of hydrogen-bond donors (Lipinski definition) is 0. The number of fused-ring (bicyclic) bond motifs is 2. The summed E-state index contributed by atoms with van der Waals surface area (Å²) in [5, 5.41) is 2.14. The number of benzene rings is 2. The summed E-state index contributed by atoms with van der Waals surface area (Å²) in [6.07, 6.45) is 1.01. The molecule has 6 nitrogen and oxygen atoms in total. The number of ether oxygens (including phenoxy) is 2. The van der Waals surface area contributed by atoms with Crippen molar-refractivity contribution in [3.8, 4) is 11.5 Å². The summed E-state index contributed by atoms with van der Waals surface area (Å²) in [5.41, 5.74) is 3.36. The van der Waals surface area contributed by atoms with E-state index in [4.69, 9.17) is 19.4 Å². The van der Waals surface area contributed by atoms with Crippen molar-refractivity contribution in [1.29, 1.82) is 0 Å². The summed E-state index contributed by atoms with van der Waals surface area (Å²) >= 11 is 3.46. The van der Waals surface area contributed by atoms with E-state index in [1.54, 1.807) is 36.9 Å². The highest BCUT2D eigenvalue weighted by Gasteiger charge is 2.24. The van der Waals surface area contributed by atoms with Crippen LogP contribution in [0.25, 0.3) is 20.4 Å². The molecule has 30 heavy (non-hydrogen) atoms. The van der Waals surface area contributed by atoms with Crippen molar-refractivity contribution in [2.75, 3.05) is 50.2 Å². The minimum absolute atomic E-state index is 0.785. The van der Waals surface area contributed by atoms with Crippen molar-refractivity contribution in [1.82, 2.24) is 9.97 Å². The molecule has 0 saturated carbocycles. The number of methoxy groups -OCH3 is 2. The maximum atomic E-state index is 5.53. The molecular weight excluding hydrogens is 416 g/mol. The molecule has 0 atom stereocenters. The lowest BCUT2D eigenvalue weighted by molar-refractivity contribution is 0.410. The Kier molecular flexibility index (Phi) is 5.12. The van der Waals surface area contributed by atoms with Gasteiger partial charge in [0.25, 0.3) is 0 Å². The minimum atomic E-state index is 0.785. The smallest absolute Gasteiger partial charge is 0.186 e. The third-order valence-electron chi connectivity index (χ3n) is 5.59. The third kappa shape index (κ3) is 3.24. The quantitative estimate of drug-likeness (QED) is 0.444.